The van der Waals surface area contributed by atoms with Crippen molar-refractivity contribution in [3.8, 4) is 12.3 Å². The van der Waals surface area contributed by atoms with Crippen LogP contribution in [0.5, 0.6) is 0 Å². The Hall–Kier alpha value is -3.59. The highest BCUT2D eigenvalue weighted by atomic mass is 16.2. The molecule has 0 bridgehead atoms. The van der Waals surface area contributed by atoms with E-state index in [1.165, 1.54) is 9.80 Å². The number of amides is 3. The normalized spacial score (nSPS) is 20.5. The van der Waals surface area contributed by atoms with E-state index in [1.54, 1.807) is 24.3 Å². The Morgan fingerprint density at radius 1 is 1.10 bits per heavy atom. The smallest absolute Gasteiger partial charge is 0.268 e. The average Bonchev–Trinajstić information content (AvgIpc) is 3.27. The molecule has 0 spiro atoms. The fourth-order valence-corrected chi connectivity index (χ4v) is 4.19. The van der Waals surface area contributed by atoms with Crippen LogP contribution in [0, 0.1) is 12.3 Å². The molecule has 3 amide bonds. The van der Waals surface area contributed by atoms with Gasteiger partial charge in [-0.2, -0.15) is 0 Å². The van der Waals surface area contributed by atoms with Crippen molar-refractivity contribution in [2.75, 3.05) is 18.0 Å². The fourth-order valence-electron chi connectivity index (χ4n) is 4.19. The molecule has 0 radical (unpaired) electrons. The van der Waals surface area contributed by atoms with Crippen LogP contribution < -0.4 is 10.2 Å². The van der Waals surface area contributed by atoms with Crippen LogP contribution in [0.4, 0.5) is 5.69 Å². The molecule has 1 atom stereocenters. The van der Waals surface area contributed by atoms with E-state index in [9.17, 15) is 14.4 Å². The minimum Gasteiger partial charge on any atom is -0.349 e. The lowest BCUT2D eigenvalue weighted by molar-refractivity contribution is -0.152. The van der Waals surface area contributed by atoms with Crippen LogP contribution in [0.25, 0.3) is 0 Å². The number of nitrogens with one attached hydrogen (secondary N) is 1. The van der Waals surface area contributed by atoms with E-state index in [0.29, 0.717) is 30.6 Å². The summed E-state index contributed by atoms with van der Waals surface area (Å²) in [4.78, 5) is 42.8. The van der Waals surface area contributed by atoms with Crippen molar-refractivity contribution in [2.24, 2.45) is 0 Å². The predicted molar refractivity (Wildman–Crippen MR) is 109 cm³/mol. The molecular formula is C23H21N3O3. The third-order valence-electron chi connectivity index (χ3n) is 5.49. The van der Waals surface area contributed by atoms with Gasteiger partial charge in [-0.3, -0.25) is 19.3 Å². The first-order chi connectivity index (χ1) is 14.1. The third-order valence-corrected chi connectivity index (χ3v) is 5.49. The van der Waals surface area contributed by atoms with Gasteiger partial charge in [0.25, 0.3) is 11.8 Å². The van der Waals surface area contributed by atoms with Gasteiger partial charge >= 0.3 is 0 Å². The fraction of sp³-hybridized carbons (Fsp3) is 0.261. The number of para-hydroxylation sites is 1. The Kier molecular flexibility index (Phi) is 4.81. The molecule has 4 rings (SSSR count). The molecule has 0 aliphatic carbocycles. The summed E-state index contributed by atoms with van der Waals surface area (Å²) in [6, 6.07) is 16.5. The van der Waals surface area contributed by atoms with E-state index in [0.717, 1.165) is 5.56 Å². The van der Waals surface area contributed by atoms with Gasteiger partial charge in [0.1, 0.15) is 0 Å². The van der Waals surface area contributed by atoms with E-state index < -0.39 is 17.4 Å². The molecule has 2 aromatic rings. The van der Waals surface area contributed by atoms with Gasteiger partial charge in [-0.1, -0.05) is 54.5 Å². The van der Waals surface area contributed by atoms with Gasteiger partial charge in [-0.05, 0) is 18.1 Å². The highest BCUT2D eigenvalue weighted by Gasteiger charge is 2.61. The second-order valence-corrected chi connectivity index (χ2v) is 7.14. The quantitative estimate of drug-likeness (QED) is 0.628. The Balaban J connectivity index is 1.80. The molecule has 29 heavy (non-hydrogen) atoms. The van der Waals surface area contributed by atoms with Crippen molar-refractivity contribution in [2.45, 2.75) is 24.9 Å². The van der Waals surface area contributed by atoms with Crippen LogP contribution in [-0.2, 0) is 26.5 Å². The Bertz CT molecular complexity index is 1010. The largest absolute Gasteiger partial charge is 0.349 e. The van der Waals surface area contributed by atoms with E-state index in [-0.39, 0.29) is 19.0 Å². The maximum atomic E-state index is 13.6. The van der Waals surface area contributed by atoms with Gasteiger partial charge in [0, 0.05) is 25.1 Å². The van der Waals surface area contributed by atoms with E-state index >= 15 is 0 Å². The monoisotopic (exact) mass is 387 g/mol. The van der Waals surface area contributed by atoms with E-state index in [2.05, 4.69) is 11.2 Å². The molecule has 6 heteroatoms. The second kappa shape index (κ2) is 7.44. The van der Waals surface area contributed by atoms with Crippen LogP contribution in [0.2, 0.25) is 0 Å². The number of carbonyl (C=O) groups excluding carboxylic acids is 3. The summed E-state index contributed by atoms with van der Waals surface area (Å²) in [5, 5.41) is 2.88. The maximum absolute atomic E-state index is 13.6. The summed E-state index contributed by atoms with van der Waals surface area (Å²) in [6.07, 6.45) is 6.41. The first kappa shape index (κ1) is 18.8. The molecule has 2 aromatic carbocycles. The Morgan fingerprint density at radius 2 is 1.83 bits per heavy atom. The Morgan fingerprint density at radius 3 is 2.52 bits per heavy atom. The third kappa shape index (κ3) is 2.87. The van der Waals surface area contributed by atoms with Crippen LogP contribution >= 0.6 is 0 Å². The summed E-state index contributed by atoms with van der Waals surface area (Å²) in [5.41, 5.74) is 0.254. The van der Waals surface area contributed by atoms with Crippen molar-refractivity contribution < 1.29 is 14.4 Å². The summed E-state index contributed by atoms with van der Waals surface area (Å²) >= 11 is 0. The van der Waals surface area contributed by atoms with E-state index in [1.807, 2.05) is 30.3 Å². The highest BCUT2D eigenvalue weighted by Crippen LogP contribution is 2.45. The molecule has 146 valence electrons. The van der Waals surface area contributed by atoms with Crippen molar-refractivity contribution in [3.63, 3.8) is 0 Å². The molecule has 1 fully saturated rings. The topological polar surface area (TPSA) is 69.7 Å². The number of benzene rings is 2. The molecule has 1 N–H and O–H groups in total. The van der Waals surface area contributed by atoms with Gasteiger partial charge < -0.3 is 10.2 Å². The maximum Gasteiger partial charge on any atom is 0.268 e. The number of hydrogen-bond acceptors (Lipinski definition) is 3. The number of likely N-dealkylation sites (tertiary alicyclic amines) is 1. The highest BCUT2D eigenvalue weighted by molar-refractivity contribution is 6.23. The molecule has 6 nitrogen and oxygen atoms in total. The lowest BCUT2D eigenvalue weighted by Gasteiger charge is -2.36. The summed E-state index contributed by atoms with van der Waals surface area (Å²) in [5.74, 6) is 1.30. The lowest BCUT2D eigenvalue weighted by atomic mass is 9.88. The molecule has 1 unspecified atom stereocenters. The number of terminal acetylenes is 1. The van der Waals surface area contributed by atoms with Gasteiger partial charge in [-0.25, -0.2) is 0 Å². The van der Waals surface area contributed by atoms with Crippen LogP contribution in [0.1, 0.15) is 24.0 Å². The Labute approximate surface area is 169 Å². The van der Waals surface area contributed by atoms with Crippen molar-refractivity contribution in [1.29, 1.82) is 0 Å². The predicted octanol–water partition coefficient (Wildman–Crippen LogP) is 1.80. The molecule has 0 aromatic heterocycles. The second-order valence-electron chi connectivity index (χ2n) is 7.14. The number of nitrogens with zero attached hydrogens (tertiary/aromatic N) is 2. The zero-order valence-corrected chi connectivity index (χ0v) is 15.9. The number of rotatable bonds is 5. The molecular weight excluding hydrogens is 366 g/mol. The minimum absolute atomic E-state index is 0.0333. The van der Waals surface area contributed by atoms with Crippen molar-refractivity contribution in [3.05, 3.63) is 65.7 Å². The zero-order chi connectivity index (χ0) is 20.4. The number of anilines is 1. The number of carbonyl (C=O) groups is 3. The summed E-state index contributed by atoms with van der Waals surface area (Å²) in [6.45, 7) is 0.640. The van der Waals surface area contributed by atoms with Crippen LogP contribution in [-0.4, -0.2) is 35.7 Å². The molecule has 2 aliphatic heterocycles. The van der Waals surface area contributed by atoms with Gasteiger partial charge in [0.2, 0.25) is 11.4 Å². The van der Waals surface area contributed by atoms with Gasteiger partial charge in [0.05, 0.1) is 12.2 Å². The number of hydrogen-bond donors (Lipinski definition) is 1. The van der Waals surface area contributed by atoms with Crippen LogP contribution in [0.3, 0.4) is 0 Å². The van der Waals surface area contributed by atoms with Crippen LogP contribution in [0.15, 0.2) is 54.6 Å². The van der Waals surface area contributed by atoms with Gasteiger partial charge in [0.15, 0.2) is 0 Å². The van der Waals surface area contributed by atoms with Crippen molar-refractivity contribution in [1.82, 2.24) is 10.2 Å². The minimum atomic E-state index is -1.73. The molecule has 0 saturated carbocycles. The SMILES string of the molecule is C#CCN1C(=O)C(C(=O)NCc2ccccc2)(N2CCCC2=O)c2ccccc21. The van der Waals surface area contributed by atoms with E-state index in [4.69, 9.17) is 6.42 Å². The average molecular weight is 387 g/mol. The molecule has 2 heterocycles. The number of fused-ring (bicyclic) bond motifs is 1. The first-order valence-electron chi connectivity index (χ1n) is 9.58. The summed E-state index contributed by atoms with van der Waals surface area (Å²) in [7, 11) is 0. The first-order valence-corrected chi connectivity index (χ1v) is 9.58. The zero-order valence-electron chi connectivity index (χ0n) is 15.9. The molecule has 1 saturated heterocycles. The molecule has 2 aliphatic rings. The van der Waals surface area contributed by atoms with Gasteiger partial charge in [-0.15, -0.1) is 6.42 Å². The summed E-state index contributed by atoms with van der Waals surface area (Å²) < 4.78 is 0. The standard InChI is InChI=1S/C23H21N3O3/c1-2-14-25-19-12-7-6-11-18(19)23(22(25)29,26-15-8-13-20(26)27)21(28)24-16-17-9-4-3-5-10-17/h1,3-7,9-12H,8,13-16H2,(H,24,28). The van der Waals surface area contributed by atoms with Crippen molar-refractivity contribution >= 4 is 23.4 Å². The lowest BCUT2D eigenvalue weighted by Crippen LogP contribution is -2.62.